The molecule has 2 aromatic heterocycles. The van der Waals surface area contributed by atoms with Crippen LogP contribution in [-0.2, 0) is 13.0 Å². The molecule has 0 aliphatic heterocycles. The number of benzene rings is 1. The molecular formula is C18H24IN5S2. The summed E-state index contributed by atoms with van der Waals surface area (Å²) in [5.74, 6) is 0.828. The molecule has 0 aliphatic rings. The van der Waals surface area contributed by atoms with Gasteiger partial charge < -0.3 is 10.6 Å². The van der Waals surface area contributed by atoms with E-state index in [1.54, 1.807) is 29.7 Å². The van der Waals surface area contributed by atoms with E-state index in [4.69, 9.17) is 0 Å². The number of aromatic nitrogens is 2. The summed E-state index contributed by atoms with van der Waals surface area (Å²) < 4.78 is 1.26. The lowest BCUT2D eigenvalue weighted by Gasteiger charge is -2.11. The SMILES string of the molecule is CN=C(NCCCc1nc2ccccc2s1)NCc1sc(C)nc1C.I. The molecule has 3 aromatic rings. The second-order valence-corrected chi connectivity index (χ2v) is 8.18. The molecule has 0 fully saturated rings. The quantitative estimate of drug-likeness (QED) is 0.229. The van der Waals surface area contributed by atoms with Crippen molar-refractivity contribution in [3.63, 3.8) is 0 Å². The lowest BCUT2D eigenvalue weighted by molar-refractivity contribution is 0.741. The fraction of sp³-hybridized carbons (Fsp3) is 0.389. The summed E-state index contributed by atoms with van der Waals surface area (Å²) in [4.78, 5) is 14.7. The molecule has 0 spiro atoms. The first kappa shape index (κ1) is 21.0. The van der Waals surface area contributed by atoms with Gasteiger partial charge in [0.05, 0.1) is 32.5 Å². The van der Waals surface area contributed by atoms with Gasteiger partial charge in [0.15, 0.2) is 5.96 Å². The average Bonchev–Trinajstić information content (AvgIpc) is 3.16. The third-order valence-corrected chi connectivity index (χ3v) is 6.01. The van der Waals surface area contributed by atoms with Crippen LogP contribution in [-0.4, -0.2) is 29.5 Å². The van der Waals surface area contributed by atoms with E-state index in [0.717, 1.165) is 48.1 Å². The molecule has 0 radical (unpaired) electrons. The summed E-state index contributed by atoms with van der Waals surface area (Å²) in [6, 6.07) is 8.30. The number of para-hydroxylation sites is 1. The van der Waals surface area contributed by atoms with Crippen LogP contribution in [0.2, 0.25) is 0 Å². The molecule has 26 heavy (non-hydrogen) atoms. The molecule has 8 heteroatoms. The van der Waals surface area contributed by atoms with Gasteiger partial charge in [-0.15, -0.1) is 46.7 Å². The Labute approximate surface area is 179 Å². The van der Waals surface area contributed by atoms with Crippen LogP contribution >= 0.6 is 46.7 Å². The summed E-state index contributed by atoms with van der Waals surface area (Å²) in [5, 5.41) is 9.03. The Kier molecular flexibility index (Phi) is 8.23. The van der Waals surface area contributed by atoms with Crippen LogP contribution in [0.3, 0.4) is 0 Å². The molecule has 1 aromatic carbocycles. The van der Waals surface area contributed by atoms with E-state index in [1.165, 1.54) is 14.6 Å². The molecule has 2 N–H and O–H groups in total. The minimum absolute atomic E-state index is 0. The van der Waals surface area contributed by atoms with Crippen LogP contribution in [0.4, 0.5) is 0 Å². The zero-order valence-corrected chi connectivity index (χ0v) is 19.2. The predicted octanol–water partition coefficient (Wildman–Crippen LogP) is 4.29. The number of guanidine groups is 1. The van der Waals surface area contributed by atoms with Gasteiger partial charge in [-0.05, 0) is 32.4 Å². The number of rotatable bonds is 6. The van der Waals surface area contributed by atoms with Crippen molar-refractivity contribution in [3.05, 3.63) is 44.9 Å². The van der Waals surface area contributed by atoms with Crippen LogP contribution in [0, 0.1) is 13.8 Å². The lowest BCUT2D eigenvalue weighted by atomic mass is 10.3. The molecule has 0 unspecified atom stereocenters. The van der Waals surface area contributed by atoms with E-state index >= 15 is 0 Å². The first-order valence-corrected chi connectivity index (χ1v) is 10.0. The number of fused-ring (bicyclic) bond motifs is 1. The molecule has 0 aliphatic carbocycles. The number of hydrogen-bond acceptors (Lipinski definition) is 5. The van der Waals surface area contributed by atoms with Gasteiger partial charge in [0.1, 0.15) is 0 Å². The monoisotopic (exact) mass is 501 g/mol. The number of nitrogens with one attached hydrogen (secondary N) is 2. The molecular weight excluding hydrogens is 477 g/mol. The molecule has 2 heterocycles. The number of halogens is 1. The van der Waals surface area contributed by atoms with Crippen molar-refractivity contribution in [2.24, 2.45) is 4.99 Å². The lowest BCUT2D eigenvalue weighted by Crippen LogP contribution is -2.37. The van der Waals surface area contributed by atoms with E-state index in [2.05, 4.69) is 50.7 Å². The van der Waals surface area contributed by atoms with Crippen molar-refractivity contribution in [1.29, 1.82) is 0 Å². The first-order valence-electron chi connectivity index (χ1n) is 8.37. The Morgan fingerprint density at radius 3 is 2.62 bits per heavy atom. The number of nitrogens with zero attached hydrogens (tertiary/aromatic N) is 3. The Morgan fingerprint density at radius 1 is 1.12 bits per heavy atom. The van der Waals surface area contributed by atoms with E-state index < -0.39 is 0 Å². The smallest absolute Gasteiger partial charge is 0.191 e. The van der Waals surface area contributed by atoms with Crippen molar-refractivity contribution in [1.82, 2.24) is 20.6 Å². The van der Waals surface area contributed by atoms with Crippen LogP contribution < -0.4 is 10.6 Å². The highest BCUT2D eigenvalue weighted by Crippen LogP contribution is 2.22. The summed E-state index contributed by atoms with van der Waals surface area (Å²) in [6.07, 6.45) is 2.01. The molecule has 0 amide bonds. The molecule has 0 saturated heterocycles. The first-order chi connectivity index (χ1) is 12.2. The highest BCUT2D eigenvalue weighted by Gasteiger charge is 2.06. The molecule has 5 nitrogen and oxygen atoms in total. The molecule has 0 bridgehead atoms. The number of aliphatic imine (C=N–C) groups is 1. The molecule has 0 saturated carbocycles. The van der Waals surface area contributed by atoms with Gasteiger partial charge in [-0.1, -0.05) is 12.1 Å². The normalized spacial score (nSPS) is 11.4. The molecule has 0 atom stereocenters. The minimum atomic E-state index is 0. The summed E-state index contributed by atoms with van der Waals surface area (Å²) >= 11 is 3.51. The second kappa shape index (κ2) is 10.2. The van der Waals surface area contributed by atoms with Crippen molar-refractivity contribution in [3.8, 4) is 0 Å². The third-order valence-electron chi connectivity index (χ3n) is 3.84. The van der Waals surface area contributed by atoms with Gasteiger partial charge in [0, 0.05) is 24.9 Å². The van der Waals surface area contributed by atoms with Crippen LogP contribution in [0.15, 0.2) is 29.3 Å². The maximum Gasteiger partial charge on any atom is 0.191 e. The Bertz CT molecular complexity index is 838. The van der Waals surface area contributed by atoms with Crippen molar-refractivity contribution in [2.45, 2.75) is 33.2 Å². The topological polar surface area (TPSA) is 62.2 Å². The largest absolute Gasteiger partial charge is 0.356 e. The van der Waals surface area contributed by atoms with Gasteiger partial charge in [-0.3, -0.25) is 4.99 Å². The van der Waals surface area contributed by atoms with Crippen LogP contribution in [0.5, 0.6) is 0 Å². The third kappa shape index (κ3) is 5.62. The van der Waals surface area contributed by atoms with Gasteiger partial charge in [0.2, 0.25) is 0 Å². The fourth-order valence-electron chi connectivity index (χ4n) is 2.60. The van der Waals surface area contributed by atoms with Crippen LogP contribution in [0.25, 0.3) is 10.2 Å². The summed E-state index contributed by atoms with van der Waals surface area (Å²) in [6.45, 7) is 5.72. The van der Waals surface area contributed by atoms with Crippen molar-refractivity contribution >= 4 is 62.8 Å². The average molecular weight is 501 g/mol. The zero-order valence-electron chi connectivity index (χ0n) is 15.2. The second-order valence-electron chi connectivity index (χ2n) is 5.77. The Hall–Kier alpha value is -1.26. The van der Waals surface area contributed by atoms with Gasteiger partial charge in [0.25, 0.3) is 0 Å². The van der Waals surface area contributed by atoms with E-state index in [0.29, 0.717) is 0 Å². The van der Waals surface area contributed by atoms with Gasteiger partial charge >= 0.3 is 0 Å². The fourth-order valence-corrected chi connectivity index (χ4v) is 4.48. The standard InChI is InChI=1S/C18H23N5S2.HI/c1-12-16(24-13(2)22-12)11-21-18(19-3)20-10-6-9-17-23-14-7-4-5-8-15(14)25-17;/h4-5,7-8H,6,9-11H2,1-3H3,(H2,19,20,21);1H. The zero-order chi connectivity index (χ0) is 17.6. The number of thiazole rings is 2. The maximum absolute atomic E-state index is 4.68. The molecule has 140 valence electrons. The highest BCUT2D eigenvalue weighted by molar-refractivity contribution is 14.0. The highest BCUT2D eigenvalue weighted by atomic mass is 127. The summed E-state index contributed by atoms with van der Waals surface area (Å²) in [7, 11) is 1.80. The Morgan fingerprint density at radius 2 is 1.92 bits per heavy atom. The molecule has 3 rings (SSSR count). The Balaban J connectivity index is 0.00000243. The van der Waals surface area contributed by atoms with Crippen molar-refractivity contribution < 1.29 is 0 Å². The van der Waals surface area contributed by atoms with Crippen molar-refractivity contribution in [2.75, 3.05) is 13.6 Å². The van der Waals surface area contributed by atoms with E-state index in [-0.39, 0.29) is 24.0 Å². The number of aryl methyl sites for hydroxylation is 3. The number of hydrogen-bond donors (Lipinski definition) is 2. The predicted molar refractivity (Wildman–Crippen MR) is 123 cm³/mol. The van der Waals surface area contributed by atoms with E-state index in [1.807, 2.05) is 13.0 Å². The maximum atomic E-state index is 4.68. The van der Waals surface area contributed by atoms with Gasteiger partial charge in [-0.2, -0.15) is 0 Å². The summed E-state index contributed by atoms with van der Waals surface area (Å²) in [5.41, 5.74) is 2.20. The van der Waals surface area contributed by atoms with Crippen LogP contribution in [0.1, 0.15) is 27.0 Å². The van der Waals surface area contributed by atoms with Gasteiger partial charge in [-0.25, -0.2) is 9.97 Å². The minimum Gasteiger partial charge on any atom is -0.356 e. The van der Waals surface area contributed by atoms with E-state index in [9.17, 15) is 0 Å².